The topological polar surface area (TPSA) is 66.0 Å². The van der Waals surface area contributed by atoms with Gasteiger partial charge in [-0.25, -0.2) is 0 Å². The number of amides is 2. The van der Waals surface area contributed by atoms with Gasteiger partial charge < -0.3 is 15.5 Å². The molecule has 0 radical (unpaired) electrons. The zero-order valence-corrected chi connectivity index (χ0v) is 19.2. The number of likely N-dealkylation sites (N-methyl/N-ethyl adjacent to an activating group) is 1. The van der Waals surface area contributed by atoms with Crippen LogP contribution in [0.1, 0.15) is 49.1 Å². The SMILES string of the molecule is CCc1ccc([C@H]([NH2+]CC(=O)N(C)CC(=O)Nc2c(C)cccc2C)C(C)C)cc1. The molecule has 0 heterocycles. The highest BCUT2D eigenvalue weighted by molar-refractivity contribution is 5.95. The minimum Gasteiger partial charge on any atom is -0.332 e. The number of carbonyl (C=O) groups is 2. The first-order valence-electron chi connectivity index (χ1n) is 10.7. The molecule has 0 bridgehead atoms. The maximum atomic E-state index is 12.6. The third-order valence-electron chi connectivity index (χ3n) is 5.59. The maximum absolute atomic E-state index is 12.6. The Bertz CT molecular complexity index is 839. The molecule has 5 nitrogen and oxygen atoms in total. The lowest BCUT2D eigenvalue weighted by molar-refractivity contribution is -0.692. The Hall–Kier alpha value is -2.66. The highest BCUT2D eigenvalue weighted by atomic mass is 16.2. The number of nitrogens with one attached hydrogen (secondary N) is 1. The molecule has 2 aromatic rings. The van der Waals surface area contributed by atoms with E-state index in [0.29, 0.717) is 12.5 Å². The molecule has 162 valence electrons. The van der Waals surface area contributed by atoms with E-state index in [1.165, 1.54) is 16.0 Å². The van der Waals surface area contributed by atoms with E-state index in [2.05, 4.69) is 55.7 Å². The molecule has 0 fully saturated rings. The molecule has 0 spiro atoms. The summed E-state index contributed by atoms with van der Waals surface area (Å²) in [5.74, 6) is 0.157. The summed E-state index contributed by atoms with van der Waals surface area (Å²) in [6.07, 6.45) is 1.02. The van der Waals surface area contributed by atoms with Crippen molar-refractivity contribution in [2.75, 3.05) is 25.5 Å². The summed E-state index contributed by atoms with van der Waals surface area (Å²) in [6, 6.07) is 14.7. The molecule has 30 heavy (non-hydrogen) atoms. The van der Waals surface area contributed by atoms with Gasteiger partial charge in [-0.1, -0.05) is 63.2 Å². The van der Waals surface area contributed by atoms with Crippen molar-refractivity contribution in [1.29, 1.82) is 0 Å². The molecule has 0 unspecified atom stereocenters. The van der Waals surface area contributed by atoms with Crippen LogP contribution in [-0.4, -0.2) is 36.9 Å². The molecular formula is C25H36N3O2+. The highest BCUT2D eigenvalue weighted by Crippen LogP contribution is 2.20. The van der Waals surface area contributed by atoms with E-state index in [0.717, 1.165) is 23.2 Å². The predicted molar refractivity (Wildman–Crippen MR) is 122 cm³/mol. The fourth-order valence-electron chi connectivity index (χ4n) is 3.65. The number of nitrogens with two attached hydrogens (primary N) is 1. The van der Waals surface area contributed by atoms with Crippen LogP contribution < -0.4 is 10.6 Å². The Morgan fingerprint density at radius 1 is 1.03 bits per heavy atom. The van der Waals surface area contributed by atoms with Crippen LogP contribution in [0.5, 0.6) is 0 Å². The summed E-state index contributed by atoms with van der Waals surface area (Å²) in [4.78, 5) is 26.6. The zero-order chi connectivity index (χ0) is 22.3. The molecule has 0 aromatic heterocycles. The molecule has 0 saturated heterocycles. The summed E-state index contributed by atoms with van der Waals surface area (Å²) < 4.78 is 0. The van der Waals surface area contributed by atoms with Gasteiger partial charge in [0.25, 0.3) is 5.91 Å². The number of benzene rings is 2. The first-order chi connectivity index (χ1) is 14.2. The van der Waals surface area contributed by atoms with Gasteiger partial charge in [0.05, 0.1) is 6.54 Å². The third-order valence-corrected chi connectivity index (χ3v) is 5.59. The van der Waals surface area contributed by atoms with Crippen LogP contribution in [0.4, 0.5) is 5.69 Å². The van der Waals surface area contributed by atoms with Crippen molar-refractivity contribution in [2.45, 2.75) is 47.1 Å². The fraction of sp³-hybridized carbons (Fsp3) is 0.440. The van der Waals surface area contributed by atoms with E-state index in [1.54, 1.807) is 7.05 Å². The first kappa shape index (κ1) is 23.6. The standard InChI is InChI=1S/C25H35N3O2/c1-7-20-11-13-21(14-12-20)24(17(2)3)26-15-23(30)28(6)16-22(29)27-25-18(4)9-8-10-19(25)5/h8-14,17,24,26H,7,15-16H2,1-6H3,(H,27,29)/p+1/t24-/m1/s1. The number of hydrogen-bond donors (Lipinski definition) is 2. The zero-order valence-electron chi connectivity index (χ0n) is 19.2. The fourth-order valence-corrected chi connectivity index (χ4v) is 3.65. The van der Waals surface area contributed by atoms with Crippen LogP contribution in [0.15, 0.2) is 42.5 Å². The predicted octanol–water partition coefficient (Wildman–Crippen LogP) is 3.22. The normalized spacial score (nSPS) is 12.0. The number of anilines is 1. The molecule has 0 aliphatic carbocycles. The second kappa shape index (κ2) is 10.9. The molecule has 3 N–H and O–H groups in total. The Morgan fingerprint density at radius 3 is 2.17 bits per heavy atom. The summed E-state index contributed by atoms with van der Waals surface area (Å²) in [5.41, 5.74) is 5.39. The van der Waals surface area contributed by atoms with Crippen molar-refractivity contribution in [2.24, 2.45) is 5.92 Å². The van der Waals surface area contributed by atoms with Crippen LogP contribution in [0.3, 0.4) is 0 Å². The first-order valence-corrected chi connectivity index (χ1v) is 10.7. The van der Waals surface area contributed by atoms with Crippen LogP contribution in [-0.2, 0) is 16.0 Å². The van der Waals surface area contributed by atoms with Gasteiger partial charge in [-0.3, -0.25) is 9.59 Å². The van der Waals surface area contributed by atoms with Crippen molar-refractivity contribution in [1.82, 2.24) is 4.90 Å². The second-order valence-corrected chi connectivity index (χ2v) is 8.37. The smallest absolute Gasteiger partial charge is 0.277 e. The molecule has 2 amide bonds. The Morgan fingerprint density at radius 2 is 1.63 bits per heavy atom. The van der Waals surface area contributed by atoms with Gasteiger partial charge in [0.1, 0.15) is 6.04 Å². The lowest BCUT2D eigenvalue weighted by Gasteiger charge is -2.22. The minimum absolute atomic E-state index is 0.0397. The van der Waals surface area contributed by atoms with Crippen molar-refractivity contribution in [3.8, 4) is 0 Å². The minimum atomic E-state index is -0.182. The second-order valence-electron chi connectivity index (χ2n) is 8.37. The Labute approximate surface area is 180 Å². The molecule has 0 saturated carbocycles. The van der Waals surface area contributed by atoms with Crippen LogP contribution in [0, 0.1) is 19.8 Å². The molecule has 2 aromatic carbocycles. The number of para-hydroxylation sites is 1. The van der Waals surface area contributed by atoms with Gasteiger partial charge in [-0.05, 0) is 37.0 Å². The number of quaternary nitrogens is 1. The summed E-state index contributed by atoms with van der Waals surface area (Å²) in [5, 5.41) is 5.02. The van der Waals surface area contributed by atoms with Crippen LogP contribution >= 0.6 is 0 Å². The van der Waals surface area contributed by atoms with E-state index in [-0.39, 0.29) is 24.4 Å². The summed E-state index contributed by atoms with van der Waals surface area (Å²) in [7, 11) is 1.68. The van der Waals surface area contributed by atoms with Crippen LogP contribution in [0.25, 0.3) is 0 Å². The summed E-state index contributed by atoms with van der Waals surface area (Å²) >= 11 is 0. The van der Waals surface area contributed by atoms with Gasteiger partial charge >= 0.3 is 0 Å². The lowest BCUT2D eigenvalue weighted by Crippen LogP contribution is -2.88. The van der Waals surface area contributed by atoms with Crippen LogP contribution in [0.2, 0.25) is 0 Å². The maximum Gasteiger partial charge on any atom is 0.277 e. The van der Waals surface area contributed by atoms with Gasteiger partial charge in [-0.2, -0.15) is 0 Å². The number of rotatable bonds is 9. The van der Waals surface area contributed by atoms with E-state index < -0.39 is 0 Å². The van der Waals surface area contributed by atoms with Gasteiger partial charge in [0.2, 0.25) is 5.91 Å². The highest BCUT2D eigenvalue weighted by Gasteiger charge is 2.22. The van der Waals surface area contributed by atoms with Crippen molar-refractivity contribution < 1.29 is 14.9 Å². The van der Waals surface area contributed by atoms with E-state index in [1.807, 2.05) is 32.0 Å². The average Bonchev–Trinajstić information content (AvgIpc) is 2.71. The van der Waals surface area contributed by atoms with E-state index in [4.69, 9.17) is 0 Å². The van der Waals surface area contributed by atoms with E-state index in [9.17, 15) is 9.59 Å². The van der Waals surface area contributed by atoms with Crippen molar-refractivity contribution >= 4 is 17.5 Å². The van der Waals surface area contributed by atoms with Crippen molar-refractivity contribution in [3.05, 3.63) is 64.7 Å². The number of carbonyl (C=O) groups excluding carboxylic acids is 2. The molecule has 5 heteroatoms. The average molecular weight is 411 g/mol. The number of aryl methyl sites for hydroxylation is 3. The Kier molecular flexibility index (Phi) is 8.60. The molecule has 2 rings (SSSR count). The largest absolute Gasteiger partial charge is 0.332 e. The van der Waals surface area contributed by atoms with Gasteiger partial charge in [0.15, 0.2) is 6.54 Å². The molecular weight excluding hydrogens is 374 g/mol. The molecule has 1 atom stereocenters. The summed E-state index contributed by atoms with van der Waals surface area (Å²) in [6.45, 7) is 10.8. The molecule has 0 aliphatic rings. The Balaban J connectivity index is 1.92. The van der Waals surface area contributed by atoms with Crippen molar-refractivity contribution in [3.63, 3.8) is 0 Å². The quantitative estimate of drug-likeness (QED) is 0.667. The monoisotopic (exact) mass is 410 g/mol. The third kappa shape index (κ3) is 6.42. The lowest BCUT2D eigenvalue weighted by atomic mass is 9.95. The van der Waals surface area contributed by atoms with Gasteiger partial charge in [0, 0.05) is 24.2 Å². The van der Waals surface area contributed by atoms with E-state index >= 15 is 0 Å². The van der Waals surface area contributed by atoms with Gasteiger partial charge in [-0.15, -0.1) is 0 Å². The number of hydrogen-bond acceptors (Lipinski definition) is 2. The number of nitrogens with zero attached hydrogens (tertiary/aromatic N) is 1. The molecule has 0 aliphatic heterocycles.